The van der Waals surface area contributed by atoms with Crippen LogP contribution in [0.15, 0.2) is 36.7 Å². The number of aromatic nitrogens is 1. The molecule has 3 rings (SSSR count). The Morgan fingerprint density at radius 3 is 3.05 bits per heavy atom. The molecule has 2 heterocycles. The largest absolute Gasteiger partial charge is 0.378 e. The van der Waals surface area contributed by atoms with E-state index in [0.717, 1.165) is 26.0 Å². The highest BCUT2D eigenvalue weighted by Gasteiger charge is 2.31. The van der Waals surface area contributed by atoms with Crippen molar-refractivity contribution in [2.24, 2.45) is 5.92 Å². The normalized spacial score (nSPS) is 23.5. The van der Waals surface area contributed by atoms with Crippen LogP contribution in [0.2, 0.25) is 0 Å². The van der Waals surface area contributed by atoms with Crippen molar-refractivity contribution in [1.29, 1.82) is 0 Å². The van der Waals surface area contributed by atoms with Crippen LogP contribution in [0.25, 0.3) is 10.8 Å². The van der Waals surface area contributed by atoms with Gasteiger partial charge >= 0.3 is 0 Å². The third-order valence-corrected chi connectivity index (χ3v) is 4.37. The van der Waals surface area contributed by atoms with E-state index >= 15 is 0 Å². The number of fused-ring (bicyclic) bond motifs is 1. The number of ether oxygens (including phenoxy) is 1. The predicted octanol–water partition coefficient (Wildman–Crippen LogP) is 3.70. The highest BCUT2D eigenvalue weighted by molar-refractivity contribution is 5.85. The summed E-state index contributed by atoms with van der Waals surface area (Å²) in [7, 11) is 0. The maximum Gasteiger partial charge on any atom is 0.0551 e. The smallest absolute Gasteiger partial charge is 0.0551 e. The quantitative estimate of drug-likeness (QED) is 0.909. The van der Waals surface area contributed by atoms with Crippen molar-refractivity contribution in [1.82, 2.24) is 10.3 Å². The Balaban J connectivity index is 1.97. The number of rotatable bonds is 5. The fourth-order valence-electron chi connectivity index (χ4n) is 3.32. The Kier molecular flexibility index (Phi) is 4.51. The molecule has 1 N–H and O–H groups in total. The van der Waals surface area contributed by atoms with Crippen molar-refractivity contribution >= 4 is 10.8 Å². The summed E-state index contributed by atoms with van der Waals surface area (Å²) in [6.45, 7) is 6.26. The minimum Gasteiger partial charge on any atom is -0.378 e. The lowest BCUT2D eigenvalue weighted by molar-refractivity contribution is 0.117. The van der Waals surface area contributed by atoms with Gasteiger partial charge < -0.3 is 10.1 Å². The van der Waals surface area contributed by atoms with E-state index in [-0.39, 0.29) is 0 Å². The number of pyridine rings is 1. The Morgan fingerprint density at radius 2 is 2.29 bits per heavy atom. The summed E-state index contributed by atoms with van der Waals surface area (Å²) in [4.78, 5) is 4.32. The van der Waals surface area contributed by atoms with E-state index in [0.29, 0.717) is 18.1 Å². The molecule has 1 aliphatic heterocycles. The number of nitrogens with one attached hydrogen (secondary N) is 1. The second-order valence-electron chi connectivity index (χ2n) is 6.02. The van der Waals surface area contributed by atoms with Crippen molar-refractivity contribution in [2.75, 3.05) is 13.2 Å². The minimum absolute atomic E-state index is 0.350. The zero-order valence-electron chi connectivity index (χ0n) is 12.9. The number of hydrogen-bond acceptors (Lipinski definition) is 3. The fraction of sp³-hybridized carbons (Fsp3) is 0.500. The molecule has 0 spiro atoms. The van der Waals surface area contributed by atoms with Crippen molar-refractivity contribution in [3.63, 3.8) is 0 Å². The van der Waals surface area contributed by atoms with Gasteiger partial charge in [-0.2, -0.15) is 0 Å². The summed E-state index contributed by atoms with van der Waals surface area (Å²) in [5, 5.41) is 6.25. The molecule has 21 heavy (non-hydrogen) atoms. The Bertz CT molecular complexity index is 593. The fourth-order valence-corrected chi connectivity index (χ4v) is 3.32. The SMILES string of the molecule is CCCNC(c1cccc2ccncc12)C1COC(C)C1. The van der Waals surface area contributed by atoms with E-state index in [1.54, 1.807) is 0 Å². The summed E-state index contributed by atoms with van der Waals surface area (Å²) in [6.07, 6.45) is 6.49. The van der Waals surface area contributed by atoms with Gasteiger partial charge in [-0.3, -0.25) is 4.98 Å². The molecule has 2 aromatic rings. The molecular formula is C18H24N2O. The number of benzene rings is 1. The monoisotopic (exact) mass is 284 g/mol. The van der Waals surface area contributed by atoms with E-state index in [1.165, 1.54) is 16.3 Å². The van der Waals surface area contributed by atoms with Gasteiger partial charge in [-0.15, -0.1) is 0 Å². The van der Waals surface area contributed by atoms with Gasteiger partial charge in [0.05, 0.1) is 12.7 Å². The zero-order valence-corrected chi connectivity index (χ0v) is 12.9. The molecule has 3 atom stereocenters. The van der Waals surface area contributed by atoms with Crippen LogP contribution in [0, 0.1) is 5.92 Å². The Morgan fingerprint density at radius 1 is 1.38 bits per heavy atom. The molecule has 112 valence electrons. The van der Waals surface area contributed by atoms with Crippen molar-refractivity contribution in [3.8, 4) is 0 Å². The van der Waals surface area contributed by atoms with Crippen molar-refractivity contribution < 1.29 is 4.74 Å². The van der Waals surface area contributed by atoms with E-state index < -0.39 is 0 Å². The molecule has 1 aromatic heterocycles. The van der Waals surface area contributed by atoms with Crippen LogP contribution in [0.5, 0.6) is 0 Å². The average molecular weight is 284 g/mol. The standard InChI is InChI=1S/C18H24N2O/c1-3-8-20-18(15-10-13(2)21-12-15)16-6-4-5-14-7-9-19-11-17(14)16/h4-7,9,11,13,15,18,20H,3,8,10,12H2,1-2H3. The molecule has 0 radical (unpaired) electrons. The van der Waals surface area contributed by atoms with Gasteiger partial charge in [0.1, 0.15) is 0 Å². The van der Waals surface area contributed by atoms with Gasteiger partial charge in [-0.1, -0.05) is 25.1 Å². The van der Waals surface area contributed by atoms with Crippen molar-refractivity contribution in [2.45, 2.75) is 38.8 Å². The average Bonchev–Trinajstić information content (AvgIpc) is 2.94. The van der Waals surface area contributed by atoms with E-state index in [4.69, 9.17) is 4.74 Å². The number of nitrogens with zero attached hydrogens (tertiary/aromatic N) is 1. The minimum atomic E-state index is 0.350. The first-order valence-corrected chi connectivity index (χ1v) is 7.97. The van der Waals surface area contributed by atoms with E-state index in [9.17, 15) is 0 Å². The van der Waals surface area contributed by atoms with Crippen LogP contribution in [0.4, 0.5) is 0 Å². The first-order valence-electron chi connectivity index (χ1n) is 7.97. The van der Waals surface area contributed by atoms with E-state index in [2.05, 4.69) is 48.4 Å². The maximum absolute atomic E-state index is 5.80. The molecule has 1 aliphatic rings. The zero-order chi connectivity index (χ0) is 14.7. The van der Waals surface area contributed by atoms with Crippen LogP contribution >= 0.6 is 0 Å². The van der Waals surface area contributed by atoms with Crippen LogP contribution in [0.3, 0.4) is 0 Å². The van der Waals surface area contributed by atoms with Crippen molar-refractivity contribution in [3.05, 3.63) is 42.2 Å². The van der Waals surface area contributed by atoms with Crippen LogP contribution in [-0.2, 0) is 4.74 Å². The van der Waals surface area contributed by atoms with Gasteiger partial charge in [-0.05, 0) is 43.3 Å². The molecule has 3 unspecified atom stereocenters. The molecule has 1 aromatic carbocycles. The van der Waals surface area contributed by atoms with Gasteiger partial charge in [0.15, 0.2) is 0 Å². The van der Waals surface area contributed by atoms with Gasteiger partial charge in [0.2, 0.25) is 0 Å². The second-order valence-corrected chi connectivity index (χ2v) is 6.02. The first-order chi connectivity index (χ1) is 10.3. The molecule has 0 amide bonds. The maximum atomic E-state index is 5.80. The van der Waals surface area contributed by atoms with Crippen LogP contribution in [-0.4, -0.2) is 24.2 Å². The topological polar surface area (TPSA) is 34.2 Å². The van der Waals surface area contributed by atoms with Gasteiger partial charge in [0, 0.05) is 29.7 Å². The third-order valence-electron chi connectivity index (χ3n) is 4.37. The summed E-state index contributed by atoms with van der Waals surface area (Å²) >= 11 is 0. The highest BCUT2D eigenvalue weighted by Crippen LogP contribution is 2.34. The summed E-state index contributed by atoms with van der Waals surface area (Å²) in [5.74, 6) is 0.539. The second kappa shape index (κ2) is 6.54. The molecule has 0 aliphatic carbocycles. The van der Waals surface area contributed by atoms with Crippen LogP contribution in [0.1, 0.15) is 38.3 Å². The lowest BCUT2D eigenvalue weighted by atomic mass is 9.88. The third kappa shape index (κ3) is 3.09. The Labute approximate surface area is 126 Å². The first kappa shape index (κ1) is 14.5. The molecule has 1 fully saturated rings. The highest BCUT2D eigenvalue weighted by atomic mass is 16.5. The molecule has 3 heteroatoms. The summed E-state index contributed by atoms with van der Waals surface area (Å²) in [6, 6.07) is 8.98. The van der Waals surface area contributed by atoms with E-state index in [1.807, 2.05) is 12.4 Å². The summed E-state index contributed by atoms with van der Waals surface area (Å²) in [5.41, 5.74) is 1.36. The molecule has 0 bridgehead atoms. The lowest BCUT2D eigenvalue weighted by Crippen LogP contribution is -2.29. The Hall–Kier alpha value is -1.45. The molecule has 0 saturated carbocycles. The van der Waals surface area contributed by atoms with Gasteiger partial charge in [0.25, 0.3) is 0 Å². The predicted molar refractivity (Wildman–Crippen MR) is 86.3 cm³/mol. The number of hydrogen-bond donors (Lipinski definition) is 1. The van der Waals surface area contributed by atoms with Crippen LogP contribution < -0.4 is 5.32 Å². The molecule has 1 saturated heterocycles. The summed E-state index contributed by atoms with van der Waals surface area (Å²) < 4.78 is 5.80. The molecular weight excluding hydrogens is 260 g/mol. The lowest BCUT2D eigenvalue weighted by Gasteiger charge is -2.25. The molecule has 3 nitrogen and oxygen atoms in total. The van der Waals surface area contributed by atoms with Gasteiger partial charge in [-0.25, -0.2) is 0 Å².